The average molecular weight is 379 g/mol. The van der Waals surface area contributed by atoms with Crippen LogP contribution in [0.3, 0.4) is 0 Å². The predicted octanol–water partition coefficient (Wildman–Crippen LogP) is 3.90. The zero-order valence-electron chi connectivity index (χ0n) is 10.2. The van der Waals surface area contributed by atoms with Gasteiger partial charge in [0.05, 0.1) is 15.9 Å². The van der Waals surface area contributed by atoms with Crippen molar-refractivity contribution in [3.63, 3.8) is 0 Å². The van der Waals surface area contributed by atoms with Crippen LogP contribution >= 0.6 is 34.2 Å². The van der Waals surface area contributed by atoms with Crippen LogP contribution < -0.4 is 0 Å². The van der Waals surface area contributed by atoms with Gasteiger partial charge in [-0.15, -0.1) is 0 Å². The molecule has 0 amide bonds. The topological polar surface area (TPSA) is 35.0 Å². The summed E-state index contributed by atoms with van der Waals surface area (Å²) in [5.74, 6) is 1.80. The van der Waals surface area contributed by atoms with Crippen molar-refractivity contribution < 1.29 is 4.74 Å². The van der Waals surface area contributed by atoms with Crippen molar-refractivity contribution in [2.75, 3.05) is 13.2 Å². The number of nitrogens with zero attached hydrogens (tertiary/aromatic N) is 2. The number of ether oxygens (including phenoxy) is 1. The summed E-state index contributed by atoms with van der Waals surface area (Å²) in [7, 11) is 0. The maximum absolute atomic E-state index is 6.28. The van der Waals surface area contributed by atoms with Crippen molar-refractivity contribution in [3.05, 3.63) is 20.2 Å². The molecule has 1 unspecified atom stereocenters. The van der Waals surface area contributed by atoms with Crippen molar-refractivity contribution in [2.24, 2.45) is 0 Å². The van der Waals surface area contributed by atoms with Crippen LogP contribution in [0.1, 0.15) is 55.5 Å². The lowest BCUT2D eigenvalue weighted by Gasteiger charge is -2.15. The fourth-order valence-electron chi connectivity index (χ4n) is 2.84. The lowest BCUT2D eigenvalue weighted by atomic mass is 10.0. The summed E-state index contributed by atoms with van der Waals surface area (Å²) in [6, 6.07) is 0. The summed E-state index contributed by atoms with van der Waals surface area (Å²) in [4.78, 5) is 9.27. The number of rotatable bonds is 2. The highest BCUT2D eigenvalue weighted by molar-refractivity contribution is 14.1. The molecule has 1 aromatic rings. The lowest BCUT2D eigenvalue weighted by molar-refractivity contribution is 0.193. The molecule has 0 radical (unpaired) electrons. The highest BCUT2D eigenvalue weighted by atomic mass is 127. The van der Waals surface area contributed by atoms with Crippen LogP contribution in [0.25, 0.3) is 0 Å². The van der Waals surface area contributed by atoms with Crippen LogP contribution in [-0.4, -0.2) is 23.2 Å². The van der Waals surface area contributed by atoms with Crippen molar-refractivity contribution >= 4 is 34.2 Å². The summed E-state index contributed by atoms with van der Waals surface area (Å²) >= 11 is 8.56. The van der Waals surface area contributed by atoms with E-state index in [2.05, 4.69) is 27.6 Å². The molecule has 1 aliphatic heterocycles. The van der Waals surface area contributed by atoms with E-state index in [-0.39, 0.29) is 0 Å². The van der Waals surface area contributed by atoms with E-state index in [0.717, 1.165) is 29.0 Å². The Kier molecular flexibility index (Phi) is 4.06. The molecule has 3 nitrogen and oxygen atoms in total. The van der Waals surface area contributed by atoms with E-state index < -0.39 is 0 Å². The minimum atomic E-state index is 0.333. The summed E-state index contributed by atoms with van der Waals surface area (Å²) < 4.78 is 6.47. The Hall–Kier alpha value is 0.0600. The number of hydrogen-bond donors (Lipinski definition) is 0. The van der Waals surface area contributed by atoms with E-state index in [9.17, 15) is 0 Å². The number of hydrogen-bond acceptors (Lipinski definition) is 3. The normalized spacial score (nSPS) is 24.9. The summed E-state index contributed by atoms with van der Waals surface area (Å²) in [6.45, 7) is 1.55. The van der Waals surface area contributed by atoms with Gasteiger partial charge in [0, 0.05) is 18.4 Å². The van der Waals surface area contributed by atoms with Crippen LogP contribution in [-0.2, 0) is 4.74 Å². The molecule has 1 aromatic heterocycles. The second-order valence-electron chi connectivity index (χ2n) is 5.11. The number of halogens is 2. The molecule has 0 spiro atoms. The number of aromatic nitrogens is 2. The molecule has 2 heterocycles. The Morgan fingerprint density at radius 2 is 1.89 bits per heavy atom. The molecular weight excluding hydrogens is 363 g/mol. The third-order valence-electron chi connectivity index (χ3n) is 3.89. The van der Waals surface area contributed by atoms with E-state index >= 15 is 0 Å². The standard InChI is InChI=1S/C13H16ClIN2O/c14-12-10(15)11(8-3-1-2-4-8)16-13(17-12)9-5-6-18-7-9/h8-9H,1-7H2. The second-order valence-corrected chi connectivity index (χ2v) is 6.55. The maximum Gasteiger partial charge on any atom is 0.146 e. The molecule has 0 bridgehead atoms. The Balaban J connectivity index is 1.95. The molecular formula is C13H16ClIN2O. The van der Waals surface area contributed by atoms with E-state index in [1.54, 1.807) is 0 Å². The molecule has 0 aromatic carbocycles. The van der Waals surface area contributed by atoms with Gasteiger partial charge in [0.1, 0.15) is 11.0 Å². The Morgan fingerprint density at radius 3 is 2.56 bits per heavy atom. The lowest BCUT2D eigenvalue weighted by Crippen LogP contribution is -2.10. The van der Waals surface area contributed by atoms with Crippen LogP contribution in [0.5, 0.6) is 0 Å². The van der Waals surface area contributed by atoms with Gasteiger partial charge in [0.2, 0.25) is 0 Å². The molecule has 1 atom stereocenters. The van der Waals surface area contributed by atoms with Gasteiger partial charge in [-0.3, -0.25) is 0 Å². The maximum atomic E-state index is 6.28. The van der Waals surface area contributed by atoms with Gasteiger partial charge in [-0.1, -0.05) is 24.4 Å². The average Bonchev–Trinajstić information content (AvgIpc) is 3.03. The highest BCUT2D eigenvalue weighted by Gasteiger charge is 2.27. The van der Waals surface area contributed by atoms with Gasteiger partial charge in [-0.2, -0.15) is 0 Å². The molecule has 1 aliphatic carbocycles. The Morgan fingerprint density at radius 1 is 1.11 bits per heavy atom. The Labute approximate surface area is 126 Å². The first-order valence-electron chi connectivity index (χ1n) is 6.56. The third kappa shape index (κ3) is 2.51. The van der Waals surface area contributed by atoms with Crippen LogP contribution in [0.15, 0.2) is 0 Å². The van der Waals surface area contributed by atoms with Gasteiger partial charge >= 0.3 is 0 Å². The zero-order valence-corrected chi connectivity index (χ0v) is 13.1. The fourth-order valence-corrected chi connectivity index (χ4v) is 3.71. The first-order chi connectivity index (χ1) is 8.75. The van der Waals surface area contributed by atoms with Crippen LogP contribution in [0.2, 0.25) is 5.15 Å². The minimum absolute atomic E-state index is 0.333. The molecule has 2 aliphatic rings. The molecule has 2 fully saturated rings. The predicted molar refractivity (Wildman–Crippen MR) is 79.1 cm³/mol. The largest absolute Gasteiger partial charge is 0.381 e. The minimum Gasteiger partial charge on any atom is -0.381 e. The SMILES string of the molecule is Clc1nc(C2CCOC2)nc(C2CCCC2)c1I. The first kappa shape index (κ1) is 13.1. The van der Waals surface area contributed by atoms with Gasteiger partial charge in [-0.25, -0.2) is 9.97 Å². The zero-order chi connectivity index (χ0) is 12.5. The van der Waals surface area contributed by atoms with E-state index in [1.165, 1.54) is 31.4 Å². The summed E-state index contributed by atoms with van der Waals surface area (Å²) in [6.07, 6.45) is 6.11. The van der Waals surface area contributed by atoms with Gasteiger partial charge in [-0.05, 0) is 41.9 Å². The van der Waals surface area contributed by atoms with E-state index in [0.29, 0.717) is 17.0 Å². The molecule has 3 rings (SSSR count). The van der Waals surface area contributed by atoms with Crippen molar-refractivity contribution in [2.45, 2.75) is 43.9 Å². The highest BCUT2D eigenvalue weighted by Crippen LogP contribution is 2.37. The Bertz CT molecular complexity index is 443. The second kappa shape index (κ2) is 5.59. The quantitative estimate of drug-likeness (QED) is 0.578. The summed E-state index contributed by atoms with van der Waals surface area (Å²) in [5, 5.41) is 0.620. The molecule has 0 N–H and O–H groups in total. The van der Waals surface area contributed by atoms with Gasteiger partial charge in [0.25, 0.3) is 0 Å². The van der Waals surface area contributed by atoms with Crippen molar-refractivity contribution in [3.8, 4) is 0 Å². The molecule has 5 heteroatoms. The molecule has 1 saturated heterocycles. The van der Waals surface area contributed by atoms with E-state index in [4.69, 9.17) is 21.3 Å². The van der Waals surface area contributed by atoms with Gasteiger partial charge in [0.15, 0.2) is 0 Å². The van der Waals surface area contributed by atoms with Crippen molar-refractivity contribution in [1.82, 2.24) is 9.97 Å². The van der Waals surface area contributed by atoms with Crippen molar-refractivity contribution in [1.29, 1.82) is 0 Å². The smallest absolute Gasteiger partial charge is 0.146 e. The van der Waals surface area contributed by atoms with E-state index in [1.807, 2.05) is 0 Å². The monoisotopic (exact) mass is 378 g/mol. The molecule has 1 saturated carbocycles. The first-order valence-corrected chi connectivity index (χ1v) is 8.02. The third-order valence-corrected chi connectivity index (χ3v) is 5.55. The molecule has 98 valence electrons. The van der Waals surface area contributed by atoms with Gasteiger partial charge < -0.3 is 4.74 Å². The van der Waals surface area contributed by atoms with Crippen LogP contribution in [0.4, 0.5) is 0 Å². The molecule has 18 heavy (non-hydrogen) atoms. The summed E-state index contributed by atoms with van der Waals surface area (Å²) in [5.41, 5.74) is 1.18. The van der Waals surface area contributed by atoms with Crippen LogP contribution in [0, 0.1) is 3.57 Å². The fraction of sp³-hybridized carbons (Fsp3) is 0.692.